The molecule has 1 atom stereocenters. The van der Waals surface area contributed by atoms with Crippen molar-refractivity contribution in [2.75, 3.05) is 19.7 Å². The molecule has 0 aromatic carbocycles. The number of cyclic esters (lactones) is 1. The molecule has 0 saturated carbocycles. The first kappa shape index (κ1) is 14.9. The first-order valence-electron chi connectivity index (χ1n) is 7.26. The molecule has 0 aromatic heterocycles. The molecule has 114 valence electrons. The summed E-state index contributed by atoms with van der Waals surface area (Å²) in [6, 6.07) is 0.178. The van der Waals surface area contributed by atoms with Crippen LogP contribution < -0.4 is 5.32 Å². The molecule has 20 heavy (non-hydrogen) atoms. The lowest BCUT2D eigenvalue weighted by molar-refractivity contribution is 0.0150. The fraction of sp³-hybridized carbons (Fsp3) is 0.857. The molecule has 2 aliphatic heterocycles. The van der Waals surface area contributed by atoms with Crippen LogP contribution in [0.1, 0.15) is 40.0 Å². The number of ether oxygens (including phenoxy) is 2. The number of alkyl carbamates (subject to hydrolysis) is 1. The fourth-order valence-electron chi connectivity index (χ4n) is 2.71. The van der Waals surface area contributed by atoms with Crippen molar-refractivity contribution in [3.8, 4) is 0 Å². The van der Waals surface area contributed by atoms with Crippen molar-refractivity contribution in [2.24, 2.45) is 5.92 Å². The average Bonchev–Trinajstić information content (AvgIpc) is 2.37. The first-order valence-corrected chi connectivity index (χ1v) is 7.26. The zero-order valence-corrected chi connectivity index (χ0v) is 12.5. The van der Waals surface area contributed by atoms with Gasteiger partial charge in [0.1, 0.15) is 5.60 Å². The lowest BCUT2D eigenvalue weighted by Gasteiger charge is -2.37. The molecule has 2 aliphatic rings. The van der Waals surface area contributed by atoms with E-state index in [1.807, 2.05) is 20.8 Å². The Hall–Kier alpha value is -1.46. The molecule has 0 aliphatic carbocycles. The number of carbonyl (C=O) groups excluding carboxylic acids is 2. The van der Waals surface area contributed by atoms with E-state index in [1.54, 1.807) is 4.90 Å². The summed E-state index contributed by atoms with van der Waals surface area (Å²) in [4.78, 5) is 24.9. The summed E-state index contributed by atoms with van der Waals surface area (Å²) in [5.41, 5.74) is -0.456. The van der Waals surface area contributed by atoms with Gasteiger partial charge < -0.3 is 19.7 Å². The molecule has 2 heterocycles. The highest BCUT2D eigenvalue weighted by atomic mass is 16.6. The number of hydrogen-bond donors (Lipinski definition) is 1. The minimum absolute atomic E-state index is 0.178. The summed E-state index contributed by atoms with van der Waals surface area (Å²) in [7, 11) is 0. The topological polar surface area (TPSA) is 67.9 Å². The van der Waals surface area contributed by atoms with E-state index in [0.717, 1.165) is 19.3 Å². The van der Waals surface area contributed by atoms with Gasteiger partial charge in [0.2, 0.25) is 0 Å². The molecule has 1 N–H and O–H groups in total. The van der Waals surface area contributed by atoms with Crippen LogP contribution in [0, 0.1) is 5.92 Å². The maximum absolute atomic E-state index is 12.0. The highest BCUT2D eigenvalue weighted by molar-refractivity contribution is 5.69. The van der Waals surface area contributed by atoms with Gasteiger partial charge in [-0.1, -0.05) is 0 Å². The number of amides is 2. The quantitative estimate of drug-likeness (QED) is 0.801. The fourth-order valence-corrected chi connectivity index (χ4v) is 2.71. The molecule has 6 heteroatoms. The second kappa shape index (κ2) is 5.89. The SMILES string of the molecule is CC(C)(C)OC(=O)N1CCC(C2CCOC(=O)N2)CC1. The molecular formula is C14H24N2O4. The summed E-state index contributed by atoms with van der Waals surface area (Å²) in [5.74, 6) is 0.418. The lowest BCUT2D eigenvalue weighted by Crippen LogP contribution is -2.50. The van der Waals surface area contributed by atoms with Crippen molar-refractivity contribution in [1.82, 2.24) is 10.2 Å². The highest BCUT2D eigenvalue weighted by Gasteiger charge is 2.32. The lowest BCUT2D eigenvalue weighted by atomic mass is 9.87. The van der Waals surface area contributed by atoms with E-state index in [0.29, 0.717) is 25.6 Å². The zero-order chi connectivity index (χ0) is 14.8. The van der Waals surface area contributed by atoms with Gasteiger partial charge in [-0.3, -0.25) is 0 Å². The summed E-state index contributed by atoms with van der Waals surface area (Å²) < 4.78 is 10.3. The molecule has 0 aromatic rings. The number of carbonyl (C=O) groups is 2. The Morgan fingerprint density at radius 2 is 1.95 bits per heavy atom. The molecule has 2 rings (SSSR count). The third kappa shape index (κ3) is 4.02. The third-order valence-electron chi connectivity index (χ3n) is 3.73. The number of piperidine rings is 1. The number of nitrogens with zero attached hydrogens (tertiary/aromatic N) is 1. The number of rotatable bonds is 1. The molecule has 2 saturated heterocycles. The molecule has 0 bridgehead atoms. The minimum Gasteiger partial charge on any atom is -0.449 e. The van der Waals surface area contributed by atoms with Crippen LogP contribution in [-0.2, 0) is 9.47 Å². The maximum atomic E-state index is 12.0. The Bertz CT molecular complexity index is 370. The van der Waals surface area contributed by atoms with Crippen molar-refractivity contribution in [3.05, 3.63) is 0 Å². The van der Waals surface area contributed by atoms with Gasteiger partial charge in [-0.25, -0.2) is 9.59 Å². The van der Waals surface area contributed by atoms with Gasteiger partial charge in [-0.05, 0) is 39.5 Å². The van der Waals surface area contributed by atoms with Gasteiger partial charge in [0, 0.05) is 25.6 Å². The predicted molar refractivity (Wildman–Crippen MR) is 73.4 cm³/mol. The van der Waals surface area contributed by atoms with E-state index < -0.39 is 5.60 Å². The molecular weight excluding hydrogens is 260 g/mol. The van der Waals surface area contributed by atoms with Crippen molar-refractivity contribution in [1.29, 1.82) is 0 Å². The Labute approximate surface area is 119 Å². The van der Waals surface area contributed by atoms with E-state index >= 15 is 0 Å². The Morgan fingerprint density at radius 3 is 2.50 bits per heavy atom. The molecule has 2 amide bonds. The van der Waals surface area contributed by atoms with Crippen LogP contribution in [0.3, 0.4) is 0 Å². The highest BCUT2D eigenvalue weighted by Crippen LogP contribution is 2.25. The third-order valence-corrected chi connectivity index (χ3v) is 3.73. The Kier molecular flexibility index (Phi) is 4.40. The standard InChI is InChI=1S/C14H24N2O4/c1-14(2,3)20-13(18)16-7-4-10(5-8-16)11-6-9-19-12(17)15-11/h10-11H,4-9H2,1-3H3,(H,15,17). The van der Waals surface area contributed by atoms with E-state index in [9.17, 15) is 9.59 Å². The van der Waals surface area contributed by atoms with Crippen molar-refractivity contribution in [3.63, 3.8) is 0 Å². The van der Waals surface area contributed by atoms with E-state index in [4.69, 9.17) is 9.47 Å². The van der Waals surface area contributed by atoms with Crippen molar-refractivity contribution in [2.45, 2.75) is 51.7 Å². The van der Waals surface area contributed by atoms with Gasteiger partial charge in [-0.15, -0.1) is 0 Å². The average molecular weight is 284 g/mol. The number of hydrogen-bond acceptors (Lipinski definition) is 4. The monoisotopic (exact) mass is 284 g/mol. The largest absolute Gasteiger partial charge is 0.449 e. The molecule has 1 unspecified atom stereocenters. The van der Waals surface area contributed by atoms with Crippen LogP contribution in [0.25, 0.3) is 0 Å². The summed E-state index contributed by atoms with van der Waals surface area (Å²) in [5, 5.41) is 2.87. The summed E-state index contributed by atoms with van der Waals surface area (Å²) in [6.45, 7) is 7.47. The van der Waals surface area contributed by atoms with Gasteiger partial charge in [0.15, 0.2) is 0 Å². The van der Waals surface area contributed by atoms with Crippen molar-refractivity contribution >= 4 is 12.2 Å². The zero-order valence-electron chi connectivity index (χ0n) is 12.5. The van der Waals surface area contributed by atoms with E-state index in [1.165, 1.54) is 0 Å². The minimum atomic E-state index is -0.456. The summed E-state index contributed by atoms with van der Waals surface area (Å²) in [6.07, 6.45) is 2.07. The van der Waals surface area contributed by atoms with Crippen LogP contribution in [0.2, 0.25) is 0 Å². The number of nitrogens with one attached hydrogen (secondary N) is 1. The van der Waals surface area contributed by atoms with Crippen LogP contribution in [0.5, 0.6) is 0 Å². The Morgan fingerprint density at radius 1 is 1.30 bits per heavy atom. The van der Waals surface area contributed by atoms with Crippen LogP contribution >= 0.6 is 0 Å². The molecule has 0 radical (unpaired) electrons. The van der Waals surface area contributed by atoms with Gasteiger partial charge >= 0.3 is 12.2 Å². The van der Waals surface area contributed by atoms with Gasteiger partial charge in [0.25, 0.3) is 0 Å². The Balaban J connectivity index is 1.80. The molecule has 2 fully saturated rings. The van der Waals surface area contributed by atoms with E-state index in [2.05, 4.69) is 5.32 Å². The van der Waals surface area contributed by atoms with Gasteiger partial charge in [-0.2, -0.15) is 0 Å². The van der Waals surface area contributed by atoms with Crippen molar-refractivity contribution < 1.29 is 19.1 Å². The maximum Gasteiger partial charge on any atom is 0.410 e. The second-order valence-corrected chi connectivity index (χ2v) is 6.48. The summed E-state index contributed by atoms with van der Waals surface area (Å²) >= 11 is 0. The smallest absolute Gasteiger partial charge is 0.410 e. The van der Waals surface area contributed by atoms with Crippen LogP contribution in [0.4, 0.5) is 9.59 Å². The van der Waals surface area contributed by atoms with Crippen LogP contribution in [-0.4, -0.2) is 48.4 Å². The van der Waals surface area contributed by atoms with Gasteiger partial charge in [0.05, 0.1) is 6.61 Å². The number of likely N-dealkylation sites (tertiary alicyclic amines) is 1. The molecule has 0 spiro atoms. The first-order chi connectivity index (χ1) is 9.35. The van der Waals surface area contributed by atoms with E-state index in [-0.39, 0.29) is 18.2 Å². The predicted octanol–water partition coefficient (Wildman–Crippen LogP) is 2.13. The second-order valence-electron chi connectivity index (χ2n) is 6.48. The van der Waals surface area contributed by atoms with Crippen LogP contribution in [0.15, 0.2) is 0 Å². The molecule has 6 nitrogen and oxygen atoms in total. The normalized spacial score (nSPS) is 24.9.